The van der Waals surface area contributed by atoms with Gasteiger partial charge in [-0.1, -0.05) is 6.92 Å². The van der Waals surface area contributed by atoms with Crippen molar-refractivity contribution in [3.8, 4) is 0 Å². The Bertz CT molecular complexity index is 311. The van der Waals surface area contributed by atoms with E-state index in [0.717, 1.165) is 5.75 Å². The van der Waals surface area contributed by atoms with E-state index in [2.05, 4.69) is 65.7 Å². The third kappa shape index (κ3) is 58.6. The quantitative estimate of drug-likeness (QED) is 0.309. The molecule has 0 unspecified atom stereocenters. The van der Waals surface area contributed by atoms with E-state index in [0.29, 0.717) is 6.61 Å². The van der Waals surface area contributed by atoms with Crippen molar-refractivity contribution in [2.75, 3.05) is 19.4 Å². The summed E-state index contributed by atoms with van der Waals surface area (Å²) in [7, 11) is 1.85. The smallest absolute Gasteiger partial charge is 0 e. The molecule has 0 amide bonds. The Kier molecular flexibility index (Phi) is 175. The van der Waals surface area contributed by atoms with Crippen molar-refractivity contribution in [1.82, 2.24) is 5.06 Å². The average Bonchev–Trinajstić information content (AvgIpc) is 3.09. The van der Waals surface area contributed by atoms with Crippen molar-refractivity contribution in [3.63, 3.8) is 0 Å². The van der Waals surface area contributed by atoms with Crippen molar-refractivity contribution in [2.45, 2.75) is 26.3 Å². The molecule has 154 valence electrons. The Labute approximate surface area is 187 Å². The summed E-state index contributed by atoms with van der Waals surface area (Å²) in [5.74, 6) is 1.18. The second-order valence-electron chi connectivity index (χ2n) is 3.07. The van der Waals surface area contributed by atoms with Gasteiger partial charge in [-0.05, 0) is 38.2 Å². The first-order valence-corrected chi connectivity index (χ1v) is 6.50. The third-order valence-electron chi connectivity index (χ3n) is 2.03. The molecule has 1 fully saturated rings. The van der Waals surface area contributed by atoms with Gasteiger partial charge in [0, 0.05) is 47.2 Å². The third-order valence-corrected chi connectivity index (χ3v) is 2.53. The summed E-state index contributed by atoms with van der Waals surface area (Å²) in [4.78, 5) is 13.6. The summed E-state index contributed by atoms with van der Waals surface area (Å²) in [6, 6.07) is 0.245. The fourth-order valence-electron chi connectivity index (χ4n) is 0.853. The van der Waals surface area contributed by atoms with Gasteiger partial charge < -0.3 is 9.63 Å². The first-order chi connectivity index (χ1) is 12.2. The van der Waals surface area contributed by atoms with E-state index in [1.807, 2.05) is 14.0 Å². The Morgan fingerprint density at radius 3 is 1.30 bits per heavy atom. The Balaban J connectivity index is -0.0000000224. The van der Waals surface area contributed by atoms with Gasteiger partial charge in [-0.3, -0.25) is 0 Å². The van der Waals surface area contributed by atoms with Crippen molar-refractivity contribution >= 4 is 18.9 Å². The van der Waals surface area contributed by atoms with Crippen molar-refractivity contribution < 1.29 is 71.7 Å². The van der Waals surface area contributed by atoms with Gasteiger partial charge in [0.1, 0.15) is 5.75 Å². The van der Waals surface area contributed by atoms with Crippen LogP contribution in [0.3, 0.4) is 0 Å². The molecular formula is C15H20Fe2NO8S+. The minimum absolute atomic E-state index is 0. The molecule has 0 aromatic heterocycles. The van der Waals surface area contributed by atoms with Crippen LogP contribution in [0.4, 0.5) is 0 Å². The zero-order valence-corrected chi connectivity index (χ0v) is 17.9. The van der Waals surface area contributed by atoms with Crippen LogP contribution < -0.4 is 0 Å². The largest absolute Gasteiger partial charge is 0 e. The van der Waals surface area contributed by atoms with Crippen LogP contribution in [0.25, 0.3) is 0 Å². The maximum Gasteiger partial charge on any atom is 0 e. The fourth-order valence-corrected chi connectivity index (χ4v) is 0.853. The molecule has 1 aliphatic rings. The molecular weight excluding hydrogens is 466 g/mol. The van der Waals surface area contributed by atoms with E-state index in [9.17, 15) is 0 Å². The molecule has 0 aliphatic carbocycles. The van der Waals surface area contributed by atoms with E-state index in [1.165, 1.54) is 6.42 Å². The summed E-state index contributed by atoms with van der Waals surface area (Å²) in [6.07, 6.45) is 3.41. The first kappa shape index (κ1) is 56.3. The monoisotopic (exact) mass is 486 g/mol. The second-order valence-corrected chi connectivity index (χ2v) is 3.57. The van der Waals surface area contributed by atoms with Gasteiger partial charge in [0.2, 0.25) is 0 Å². The van der Waals surface area contributed by atoms with Crippen LogP contribution in [0, 0.1) is 45.8 Å². The molecule has 1 aliphatic heterocycles. The van der Waals surface area contributed by atoms with Crippen LogP contribution in [0.2, 0.25) is 0 Å². The fraction of sp³-hybridized carbons (Fsp3) is 0.533. The molecule has 12 heteroatoms. The maximum atomic E-state index is 8.50. The van der Waals surface area contributed by atoms with Crippen molar-refractivity contribution in [3.05, 3.63) is 39.9 Å². The van der Waals surface area contributed by atoms with Crippen molar-refractivity contribution in [2.24, 2.45) is 5.92 Å². The van der Waals surface area contributed by atoms with Crippen LogP contribution in [0.15, 0.2) is 0 Å². The maximum absolute atomic E-state index is 8.50. The summed E-state index contributed by atoms with van der Waals surface area (Å²) in [5, 5.41) is 1.73. The second kappa shape index (κ2) is 84.2. The van der Waals surface area contributed by atoms with Gasteiger partial charge in [0.15, 0.2) is 0 Å². The molecule has 0 aromatic rings. The summed E-state index contributed by atoms with van der Waals surface area (Å²) < 4.78 is 45.0. The van der Waals surface area contributed by atoms with E-state index in [-0.39, 0.29) is 46.1 Å². The molecule has 27 heavy (non-hydrogen) atoms. The zero-order valence-electron chi connectivity index (χ0n) is 14.7. The van der Waals surface area contributed by atoms with E-state index in [4.69, 9.17) is 37.5 Å². The van der Waals surface area contributed by atoms with E-state index in [1.54, 1.807) is 5.06 Å². The predicted octanol–water partition coefficient (Wildman–Crippen LogP) is 0.0976. The van der Waals surface area contributed by atoms with E-state index >= 15 is 0 Å². The van der Waals surface area contributed by atoms with Gasteiger partial charge in [0.05, 0.1) is 6.61 Å². The van der Waals surface area contributed by atoms with Crippen molar-refractivity contribution in [1.29, 1.82) is 0 Å². The standard InChI is InChI=1S/C6H11NO2.C3H8S.6CO.2Fe/c1-5-6(3-8)4-9-7(5)2;1-2-3-4;6*1-2;;/h5-6,8H,4H2,1-2H3;4H,2-3H2,1H3;;;;;;;;/p+1/t5-,6+;;;;;;;;;/m1........./s1. The topological polar surface area (TPSA) is 153 Å². The van der Waals surface area contributed by atoms with Gasteiger partial charge in [-0.2, -0.15) is 5.06 Å². The molecule has 0 saturated carbocycles. The average molecular weight is 486 g/mol. The minimum Gasteiger partial charge on any atom is 0 e. The summed E-state index contributed by atoms with van der Waals surface area (Å²) >= 11 is 3.29. The number of nitrogens with zero attached hydrogens (tertiary/aromatic N) is 1. The Hall–Kier alpha value is -0.581. The molecule has 1 heterocycles. The molecule has 2 atom stereocenters. The summed E-state index contributed by atoms with van der Waals surface area (Å²) in [6.45, 7) is 31.7. The zero-order chi connectivity index (χ0) is 22.3. The molecule has 0 aromatic carbocycles. The number of hydrogen-bond acceptors (Lipinski definition) is 2. The van der Waals surface area contributed by atoms with Crippen LogP contribution in [0.1, 0.15) is 20.3 Å². The number of carbonyl (C=O) groups excluding carboxylic acids is 1. The van der Waals surface area contributed by atoms with E-state index < -0.39 is 0 Å². The SMILES string of the molecule is CCC[SH2+].C[C@@H]1[C@@H]([C-]=[OH+])CON1C.[C-]#[O+].[C-]#[O+].[C-]#[O+].[C-]#[O+].[C-]#[O+].[C-]#[O+].[Fe].[Fe]. The first-order valence-electron chi connectivity index (χ1n) is 5.79. The van der Waals surface area contributed by atoms with Gasteiger partial charge >= 0.3 is 67.8 Å². The molecule has 9 nitrogen and oxygen atoms in total. The number of hydrogen-bond donors (Lipinski definition) is 0. The number of hydroxylamine groups is 2. The molecule has 0 spiro atoms. The molecule has 0 radical (unpaired) electrons. The normalized spacial score (nSPS) is 13.9. The Morgan fingerprint density at radius 1 is 0.963 bits per heavy atom. The van der Waals surface area contributed by atoms with Gasteiger partial charge in [-0.15, -0.1) is 0 Å². The van der Waals surface area contributed by atoms with Crippen LogP contribution in [-0.4, -0.2) is 41.6 Å². The molecule has 1 saturated heterocycles. The molecule has 1 N–H and O–H groups in total. The summed E-state index contributed by atoms with van der Waals surface area (Å²) in [5.41, 5.74) is 0. The van der Waals surface area contributed by atoms with Crippen LogP contribution in [-0.2, 0) is 79.5 Å². The van der Waals surface area contributed by atoms with Crippen LogP contribution in [0.5, 0.6) is 0 Å². The minimum atomic E-state index is 0. The number of rotatable bonds is 2. The van der Waals surface area contributed by atoms with Crippen LogP contribution >= 0.6 is 0 Å². The van der Waals surface area contributed by atoms with Gasteiger partial charge in [0.25, 0.3) is 0 Å². The Morgan fingerprint density at radius 2 is 1.22 bits per heavy atom. The van der Waals surface area contributed by atoms with Gasteiger partial charge in [-0.25, -0.2) is 0 Å². The predicted molar refractivity (Wildman–Crippen MR) is 82.5 cm³/mol. The molecule has 0 bridgehead atoms. The molecule has 1 rings (SSSR count).